The van der Waals surface area contributed by atoms with Gasteiger partial charge in [-0.05, 0) is 12.1 Å². The zero-order chi connectivity index (χ0) is 13.1. The fourth-order valence-electron chi connectivity index (χ4n) is 1.22. The highest BCUT2D eigenvalue weighted by Crippen LogP contribution is 2.36. The molecule has 7 heteroatoms. The molecule has 1 heterocycles. The van der Waals surface area contributed by atoms with E-state index in [0.717, 1.165) is 14.4 Å². The summed E-state index contributed by atoms with van der Waals surface area (Å²) in [5.41, 5.74) is 0.478. The van der Waals surface area contributed by atoms with Crippen molar-refractivity contribution in [3.63, 3.8) is 0 Å². The summed E-state index contributed by atoms with van der Waals surface area (Å²) in [4.78, 5) is 2.69. The second-order valence-corrected chi connectivity index (χ2v) is 6.22. The van der Waals surface area contributed by atoms with Gasteiger partial charge in [-0.15, -0.1) is 10.2 Å². The zero-order valence-electron chi connectivity index (χ0n) is 9.72. The summed E-state index contributed by atoms with van der Waals surface area (Å²) in [7, 11) is 3.82. The van der Waals surface area contributed by atoms with E-state index in [-0.39, 0.29) is 0 Å². The van der Waals surface area contributed by atoms with Gasteiger partial charge in [-0.2, -0.15) is 5.26 Å². The second-order valence-electron chi connectivity index (χ2n) is 3.57. The average Bonchev–Trinajstić information content (AvgIpc) is 2.78. The number of rotatable bonds is 3. The maximum absolute atomic E-state index is 9.08. The molecule has 0 atom stereocenters. The van der Waals surface area contributed by atoms with Crippen LogP contribution < -0.4 is 4.90 Å². The number of aromatic nitrogens is 2. The van der Waals surface area contributed by atoms with Gasteiger partial charge in [0.25, 0.3) is 0 Å². The molecule has 0 spiro atoms. The van der Waals surface area contributed by atoms with Gasteiger partial charge in [-0.25, -0.2) is 0 Å². The summed E-state index contributed by atoms with van der Waals surface area (Å²) >= 11 is 8.85. The molecule has 0 aliphatic carbocycles. The van der Waals surface area contributed by atoms with Gasteiger partial charge >= 0.3 is 0 Å². The maximum atomic E-state index is 9.08. The second kappa shape index (κ2) is 5.57. The van der Waals surface area contributed by atoms with Crippen LogP contribution in [0.5, 0.6) is 0 Å². The van der Waals surface area contributed by atoms with Crippen LogP contribution in [-0.4, -0.2) is 24.3 Å². The quantitative estimate of drug-likeness (QED) is 0.870. The van der Waals surface area contributed by atoms with Crippen molar-refractivity contribution in [2.24, 2.45) is 0 Å². The minimum absolute atomic E-state index is 0.458. The summed E-state index contributed by atoms with van der Waals surface area (Å²) in [5.74, 6) is 0. The predicted molar refractivity (Wildman–Crippen MR) is 74.5 cm³/mol. The molecule has 0 radical (unpaired) electrons. The fourth-order valence-corrected chi connectivity index (χ4v) is 3.33. The number of halogens is 1. The van der Waals surface area contributed by atoms with Gasteiger partial charge in [0.05, 0.1) is 10.6 Å². The van der Waals surface area contributed by atoms with Crippen molar-refractivity contribution in [3.05, 3.63) is 28.8 Å². The number of nitriles is 1. The molecular formula is C11H9ClN4S2. The van der Waals surface area contributed by atoms with Gasteiger partial charge in [0, 0.05) is 19.0 Å². The van der Waals surface area contributed by atoms with E-state index in [4.69, 9.17) is 16.9 Å². The molecule has 0 unspecified atom stereocenters. The summed E-state index contributed by atoms with van der Waals surface area (Å²) < 4.78 is 0.789. The number of benzene rings is 1. The first kappa shape index (κ1) is 13.1. The lowest BCUT2D eigenvalue weighted by molar-refractivity contribution is 0.972. The molecule has 92 valence electrons. The van der Waals surface area contributed by atoms with E-state index in [9.17, 15) is 0 Å². The van der Waals surface area contributed by atoms with Crippen LogP contribution in [0.1, 0.15) is 5.56 Å². The van der Waals surface area contributed by atoms with Crippen LogP contribution in [0.25, 0.3) is 0 Å². The first-order valence-corrected chi connectivity index (χ1v) is 7.00. The van der Waals surface area contributed by atoms with Gasteiger partial charge in [0.2, 0.25) is 5.13 Å². The lowest BCUT2D eigenvalue weighted by Crippen LogP contribution is -2.07. The van der Waals surface area contributed by atoms with Crippen molar-refractivity contribution >= 4 is 39.8 Å². The summed E-state index contributed by atoms with van der Waals surface area (Å²) in [6.07, 6.45) is 0. The smallest absolute Gasteiger partial charge is 0.208 e. The third-order valence-corrected chi connectivity index (χ3v) is 4.58. The first-order valence-electron chi connectivity index (χ1n) is 4.99. The van der Waals surface area contributed by atoms with Gasteiger partial charge in [0.15, 0.2) is 4.34 Å². The molecule has 1 aromatic heterocycles. The molecule has 0 bridgehead atoms. The summed E-state index contributed by atoms with van der Waals surface area (Å²) in [5, 5.41) is 18.5. The molecule has 0 N–H and O–H groups in total. The molecule has 0 saturated heterocycles. The predicted octanol–water partition coefficient (Wildman–Crippen LogP) is 3.28. The Balaban J connectivity index is 2.29. The third kappa shape index (κ3) is 2.75. The molecule has 0 aliphatic heterocycles. The van der Waals surface area contributed by atoms with E-state index in [1.54, 1.807) is 6.07 Å². The van der Waals surface area contributed by atoms with Crippen LogP contribution >= 0.6 is 34.7 Å². The Hall–Kier alpha value is -1.29. The van der Waals surface area contributed by atoms with Gasteiger partial charge in [-0.1, -0.05) is 40.8 Å². The van der Waals surface area contributed by atoms with Crippen molar-refractivity contribution in [1.82, 2.24) is 10.2 Å². The number of nitrogens with zero attached hydrogens (tertiary/aromatic N) is 4. The number of hydrogen-bond acceptors (Lipinski definition) is 6. The number of hydrogen-bond donors (Lipinski definition) is 0. The fraction of sp³-hybridized carbons (Fsp3) is 0.182. The SMILES string of the molecule is CN(C)c1nnc(Sc2cccc(Cl)c2C#N)s1. The molecule has 0 amide bonds. The minimum atomic E-state index is 0.458. The normalized spacial score (nSPS) is 10.1. The Labute approximate surface area is 118 Å². The van der Waals surface area contributed by atoms with Crippen LogP contribution in [0.2, 0.25) is 5.02 Å². The van der Waals surface area contributed by atoms with Crippen molar-refractivity contribution in [2.45, 2.75) is 9.24 Å². The topological polar surface area (TPSA) is 52.8 Å². The summed E-state index contributed by atoms with van der Waals surface area (Å²) in [6.45, 7) is 0. The van der Waals surface area contributed by atoms with Gasteiger partial charge in [0.1, 0.15) is 6.07 Å². The van der Waals surface area contributed by atoms with Crippen molar-refractivity contribution in [1.29, 1.82) is 5.26 Å². The highest BCUT2D eigenvalue weighted by atomic mass is 35.5. The highest BCUT2D eigenvalue weighted by molar-refractivity contribution is 8.01. The van der Waals surface area contributed by atoms with E-state index in [2.05, 4.69) is 16.3 Å². The van der Waals surface area contributed by atoms with Gasteiger partial charge in [-0.3, -0.25) is 0 Å². The Morgan fingerprint density at radius 1 is 1.39 bits per heavy atom. The lowest BCUT2D eigenvalue weighted by Gasteiger charge is -2.04. The van der Waals surface area contributed by atoms with Crippen LogP contribution in [0.3, 0.4) is 0 Å². The van der Waals surface area contributed by atoms with Crippen LogP contribution in [0.4, 0.5) is 5.13 Å². The van der Waals surface area contributed by atoms with E-state index in [1.165, 1.54) is 23.1 Å². The Kier molecular flexibility index (Phi) is 4.07. The van der Waals surface area contributed by atoms with Crippen LogP contribution in [0, 0.1) is 11.3 Å². The Morgan fingerprint density at radius 3 is 2.78 bits per heavy atom. The molecule has 0 fully saturated rings. The first-order chi connectivity index (χ1) is 8.61. The summed E-state index contributed by atoms with van der Waals surface area (Å²) in [6, 6.07) is 7.48. The Morgan fingerprint density at radius 2 is 2.17 bits per heavy atom. The van der Waals surface area contributed by atoms with Crippen molar-refractivity contribution < 1.29 is 0 Å². The van der Waals surface area contributed by atoms with E-state index in [0.29, 0.717) is 10.6 Å². The molecule has 1 aromatic carbocycles. The lowest BCUT2D eigenvalue weighted by atomic mass is 10.2. The molecular weight excluding hydrogens is 288 g/mol. The van der Waals surface area contributed by atoms with Crippen molar-refractivity contribution in [2.75, 3.05) is 19.0 Å². The molecule has 4 nitrogen and oxygen atoms in total. The van der Waals surface area contributed by atoms with Crippen molar-refractivity contribution in [3.8, 4) is 6.07 Å². The Bertz CT molecular complexity index is 603. The molecule has 18 heavy (non-hydrogen) atoms. The van der Waals surface area contributed by atoms with E-state index in [1.807, 2.05) is 31.1 Å². The molecule has 2 rings (SSSR count). The molecule has 2 aromatic rings. The molecule has 0 saturated carbocycles. The average molecular weight is 297 g/mol. The van der Waals surface area contributed by atoms with Crippen LogP contribution in [0.15, 0.2) is 27.4 Å². The number of anilines is 1. The third-order valence-electron chi connectivity index (χ3n) is 2.06. The monoisotopic (exact) mass is 296 g/mol. The van der Waals surface area contributed by atoms with E-state index >= 15 is 0 Å². The zero-order valence-corrected chi connectivity index (χ0v) is 12.1. The van der Waals surface area contributed by atoms with Gasteiger partial charge < -0.3 is 4.90 Å². The molecule has 0 aliphatic rings. The minimum Gasteiger partial charge on any atom is -0.353 e. The van der Waals surface area contributed by atoms with E-state index < -0.39 is 0 Å². The highest BCUT2D eigenvalue weighted by Gasteiger charge is 2.12. The maximum Gasteiger partial charge on any atom is 0.208 e. The largest absolute Gasteiger partial charge is 0.353 e. The standard InChI is InChI=1S/C11H9ClN4S2/c1-16(2)10-14-15-11(18-10)17-9-5-3-4-8(12)7(9)6-13/h3-5H,1-2H3. The van der Waals surface area contributed by atoms with Crippen LogP contribution in [-0.2, 0) is 0 Å².